The summed E-state index contributed by atoms with van der Waals surface area (Å²) in [5.74, 6) is 0.440. The van der Waals surface area contributed by atoms with E-state index in [0.29, 0.717) is 12.5 Å². The summed E-state index contributed by atoms with van der Waals surface area (Å²) in [6, 6.07) is 10.3. The number of cyclic esters (lactones) is 1. The number of amides is 1. The third-order valence-electron chi connectivity index (χ3n) is 3.09. The molecule has 72 valence electrons. The number of nitrogens with one attached hydrogen (secondary N) is 1. The predicted octanol–water partition coefficient (Wildman–Crippen LogP) is 1.65. The standard InChI is InChI=1S/C11H11NO2/c13-10-12-11(7-14-10)6-9(11)8-4-2-1-3-5-8/h1-5,9H,6-7H2,(H,12,13)/t9-,11-/m0/s1. The van der Waals surface area contributed by atoms with Crippen molar-refractivity contribution in [3.63, 3.8) is 0 Å². The molecule has 2 aliphatic rings. The van der Waals surface area contributed by atoms with Crippen LogP contribution in [0.2, 0.25) is 0 Å². The minimum Gasteiger partial charge on any atom is -0.447 e. The average molecular weight is 189 g/mol. The molecule has 1 aromatic carbocycles. The number of carbonyl (C=O) groups is 1. The van der Waals surface area contributed by atoms with Crippen LogP contribution in [0.5, 0.6) is 0 Å². The Bertz CT molecular complexity index is 376. The summed E-state index contributed by atoms with van der Waals surface area (Å²) in [6.45, 7) is 0.519. The summed E-state index contributed by atoms with van der Waals surface area (Å²) in [6.07, 6.45) is 0.728. The Hall–Kier alpha value is -1.51. The van der Waals surface area contributed by atoms with E-state index in [1.54, 1.807) is 0 Å². The molecule has 14 heavy (non-hydrogen) atoms. The quantitative estimate of drug-likeness (QED) is 0.729. The van der Waals surface area contributed by atoms with Gasteiger partial charge in [-0.3, -0.25) is 0 Å². The van der Waals surface area contributed by atoms with E-state index in [-0.39, 0.29) is 11.6 Å². The van der Waals surface area contributed by atoms with Crippen LogP contribution in [0, 0.1) is 0 Å². The Labute approximate surface area is 82.1 Å². The van der Waals surface area contributed by atoms with Gasteiger partial charge in [0.05, 0.1) is 5.54 Å². The van der Waals surface area contributed by atoms with E-state index < -0.39 is 0 Å². The second kappa shape index (κ2) is 2.50. The molecule has 0 aromatic heterocycles. The summed E-state index contributed by atoms with van der Waals surface area (Å²) < 4.78 is 4.93. The van der Waals surface area contributed by atoms with Gasteiger partial charge in [-0.25, -0.2) is 4.79 Å². The van der Waals surface area contributed by atoms with E-state index in [4.69, 9.17) is 4.74 Å². The molecule has 1 N–H and O–H groups in total. The zero-order valence-electron chi connectivity index (χ0n) is 7.69. The van der Waals surface area contributed by atoms with Gasteiger partial charge in [0.25, 0.3) is 0 Å². The second-order valence-electron chi connectivity index (χ2n) is 4.02. The average Bonchev–Trinajstić information content (AvgIpc) is 2.78. The van der Waals surface area contributed by atoms with E-state index in [0.717, 1.165) is 6.42 Å². The number of hydrogen-bond donors (Lipinski definition) is 1. The highest BCUT2D eigenvalue weighted by Gasteiger charge is 2.60. The maximum absolute atomic E-state index is 10.9. The molecule has 3 heteroatoms. The largest absolute Gasteiger partial charge is 0.447 e. The van der Waals surface area contributed by atoms with E-state index in [1.807, 2.05) is 18.2 Å². The van der Waals surface area contributed by atoms with Crippen LogP contribution in [0.4, 0.5) is 4.79 Å². The van der Waals surface area contributed by atoms with Gasteiger partial charge in [-0.2, -0.15) is 0 Å². The molecular weight excluding hydrogens is 178 g/mol. The van der Waals surface area contributed by atoms with Crippen LogP contribution < -0.4 is 5.32 Å². The molecule has 2 atom stereocenters. The number of benzene rings is 1. The molecule has 1 aliphatic heterocycles. The SMILES string of the molecule is O=C1N[C@]2(CO1)C[C@H]2c1ccccc1. The first-order chi connectivity index (χ1) is 6.80. The molecule has 1 aromatic rings. The van der Waals surface area contributed by atoms with Gasteiger partial charge in [0.1, 0.15) is 6.61 Å². The minimum absolute atomic E-state index is 0.0849. The molecule has 2 fully saturated rings. The van der Waals surface area contributed by atoms with Crippen LogP contribution >= 0.6 is 0 Å². The lowest BCUT2D eigenvalue weighted by Gasteiger charge is -2.05. The van der Waals surface area contributed by atoms with E-state index in [9.17, 15) is 4.79 Å². The Morgan fingerprint density at radius 3 is 2.79 bits per heavy atom. The van der Waals surface area contributed by atoms with Crippen molar-refractivity contribution < 1.29 is 9.53 Å². The van der Waals surface area contributed by atoms with Crippen LogP contribution in [-0.2, 0) is 4.74 Å². The summed E-state index contributed by atoms with van der Waals surface area (Å²) >= 11 is 0. The third kappa shape index (κ3) is 1.02. The summed E-state index contributed by atoms with van der Waals surface area (Å²) in [4.78, 5) is 10.9. The molecule has 0 radical (unpaired) electrons. The lowest BCUT2D eigenvalue weighted by atomic mass is 10.1. The van der Waals surface area contributed by atoms with Crippen molar-refractivity contribution in [2.45, 2.75) is 17.9 Å². The highest BCUT2D eigenvalue weighted by atomic mass is 16.6. The van der Waals surface area contributed by atoms with E-state index in [2.05, 4.69) is 17.4 Å². The molecule has 3 rings (SSSR count). The number of carbonyl (C=O) groups excluding carboxylic acids is 1. The monoisotopic (exact) mass is 189 g/mol. The highest BCUT2D eigenvalue weighted by Crippen LogP contribution is 2.53. The maximum Gasteiger partial charge on any atom is 0.407 e. The molecule has 3 nitrogen and oxygen atoms in total. The summed E-state index contributed by atoms with van der Waals surface area (Å²) in [7, 11) is 0. The highest BCUT2D eigenvalue weighted by molar-refractivity contribution is 5.72. The number of ether oxygens (including phenoxy) is 1. The van der Waals surface area contributed by atoms with Crippen LogP contribution in [0.3, 0.4) is 0 Å². The fourth-order valence-corrected chi connectivity index (χ4v) is 2.19. The van der Waals surface area contributed by atoms with Gasteiger partial charge >= 0.3 is 6.09 Å². The number of hydrogen-bond acceptors (Lipinski definition) is 2. The minimum atomic E-state index is -0.275. The Morgan fingerprint density at radius 2 is 2.14 bits per heavy atom. The van der Waals surface area contributed by atoms with Gasteiger partial charge in [-0.1, -0.05) is 30.3 Å². The lowest BCUT2D eigenvalue weighted by molar-refractivity contribution is 0.176. The topological polar surface area (TPSA) is 38.3 Å². The van der Waals surface area contributed by atoms with Crippen molar-refractivity contribution in [3.8, 4) is 0 Å². The van der Waals surface area contributed by atoms with Gasteiger partial charge in [-0.05, 0) is 12.0 Å². The molecule has 1 saturated carbocycles. The first-order valence-electron chi connectivity index (χ1n) is 4.80. The van der Waals surface area contributed by atoms with Gasteiger partial charge in [-0.15, -0.1) is 0 Å². The molecular formula is C11H11NO2. The van der Waals surface area contributed by atoms with Gasteiger partial charge in [0, 0.05) is 5.92 Å². The van der Waals surface area contributed by atoms with Crippen LogP contribution in [-0.4, -0.2) is 18.2 Å². The maximum atomic E-state index is 10.9. The van der Waals surface area contributed by atoms with Crippen molar-refractivity contribution >= 4 is 6.09 Å². The number of rotatable bonds is 1. The normalized spacial score (nSPS) is 34.0. The van der Waals surface area contributed by atoms with E-state index >= 15 is 0 Å². The lowest BCUT2D eigenvalue weighted by Crippen LogP contribution is -2.29. The van der Waals surface area contributed by atoms with Crippen molar-refractivity contribution in [2.24, 2.45) is 0 Å². The Morgan fingerprint density at radius 1 is 1.36 bits per heavy atom. The zero-order valence-corrected chi connectivity index (χ0v) is 7.69. The fraction of sp³-hybridized carbons (Fsp3) is 0.364. The summed E-state index contributed by atoms with van der Waals surface area (Å²) in [5.41, 5.74) is 1.21. The smallest absolute Gasteiger partial charge is 0.407 e. The van der Waals surface area contributed by atoms with Crippen molar-refractivity contribution in [3.05, 3.63) is 35.9 Å². The third-order valence-corrected chi connectivity index (χ3v) is 3.09. The van der Waals surface area contributed by atoms with E-state index in [1.165, 1.54) is 5.56 Å². The second-order valence-corrected chi connectivity index (χ2v) is 4.02. The summed E-state index contributed by atoms with van der Waals surface area (Å²) in [5, 5.41) is 2.89. The van der Waals surface area contributed by atoms with Gasteiger partial charge < -0.3 is 10.1 Å². The van der Waals surface area contributed by atoms with Crippen LogP contribution in [0.25, 0.3) is 0 Å². The van der Waals surface area contributed by atoms with Crippen molar-refractivity contribution in [1.82, 2.24) is 5.32 Å². The molecule has 1 saturated heterocycles. The molecule has 1 aliphatic carbocycles. The number of alkyl carbamates (subject to hydrolysis) is 1. The Balaban J connectivity index is 1.83. The van der Waals surface area contributed by atoms with Crippen molar-refractivity contribution in [2.75, 3.05) is 6.61 Å². The first-order valence-corrected chi connectivity index (χ1v) is 4.80. The van der Waals surface area contributed by atoms with Crippen LogP contribution in [0.15, 0.2) is 30.3 Å². The predicted molar refractivity (Wildman–Crippen MR) is 51.0 cm³/mol. The zero-order chi connectivity index (χ0) is 9.60. The first kappa shape index (κ1) is 7.85. The fourth-order valence-electron chi connectivity index (χ4n) is 2.19. The molecule has 1 spiro atoms. The van der Waals surface area contributed by atoms with Gasteiger partial charge in [0.15, 0.2) is 0 Å². The molecule has 0 unspecified atom stereocenters. The molecule has 0 bridgehead atoms. The molecule has 1 heterocycles. The van der Waals surface area contributed by atoms with Crippen LogP contribution in [0.1, 0.15) is 17.9 Å². The van der Waals surface area contributed by atoms with Crippen molar-refractivity contribution in [1.29, 1.82) is 0 Å². The Kier molecular flexibility index (Phi) is 1.40. The van der Waals surface area contributed by atoms with Gasteiger partial charge in [0.2, 0.25) is 0 Å². The molecule has 1 amide bonds.